The quantitative estimate of drug-likeness (QED) is 0.221. The number of alkyl halides is 1. The molecular formula is C31H30BrN3O5. The summed E-state index contributed by atoms with van der Waals surface area (Å²) in [5.74, 6) is -1.17. The predicted octanol–water partition coefficient (Wildman–Crippen LogP) is 4.92. The first kappa shape index (κ1) is 26.8. The Hall–Kier alpha value is -3.43. The number of imide groups is 1. The van der Waals surface area contributed by atoms with Gasteiger partial charge in [-0.2, -0.15) is 0 Å². The lowest BCUT2D eigenvalue weighted by atomic mass is 9.63. The number of unbranched alkanes of at least 4 members (excludes halogenated alkanes) is 1. The van der Waals surface area contributed by atoms with Gasteiger partial charge in [0, 0.05) is 13.5 Å². The number of halogens is 1. The normalized spacial score (nSPS) is 30.0. The molecule has 1 N–H and O–H groups in total. The van der Waals surface area contributed by atoms with Crippen LogP contribution in [0, 0.1) is 23.7 Å². The fourth-order valence-electron chi connectivity index (χ4n) is 7.25. The van der Waals surface area contributed by atoms with Crippen molar-refractivity contribution in [3.63, 3.8) is 0 Å². The highest BCUT2D eigenvalue weighted by Gasteiger charge is 2.85. The second kappa shape index (κ2) is 9.31. The number of fused-ring (bicyclic) bond motifs is 5. The highest BCUT2D eigenvalue weighted by atomic mass is 79.9. The van der Waals surface area contributed by atoms with Gasteiger partial charge < -0.3 is 9.52 Å². The number of nitrogens with zero attached hydrogens (tertiary/aromatic N) is 3. The van der Waals surface area contributed by atoms with Crippen LogP contribution in [-0.4, -0.2) is 48.7 Å². The first-order valence-corrected chi connectivity index (χ1v) is 14.3. The highest BCUT2D eigenvalue weighted by molar-refractivity contribution is 9.10. The number of aromatic nitrogens is 2. The molecule has 9 heteroatoms. The smallest absolute Gasteiger partial charge is 0.248 e. The molecule has 40 heavy (non-hydrogen) atoms. The van der Waals surface area contributed by atoms with Crippen molar-refractivity contribution in [1.82, 2.24) is 15.1 Å². The van der Waals surface area contributed by atoms with Gasteiger partial charge >= 0.3 is 0 Å². The minimum atomic E-state index is -1.40. The summed E-state index contributed by atoms with van der Waals surface area (Å²) in [5.41, 5.74) is 0.889. The summed E-state index contributed by atoms with van der Waals surface area (Å²) in [5, 5.41) is 18.0. The number of likely N-dealkylation sites (tertiary alicyclic amines) is 1. The molecule has 0 spiro atoms. The number of Topliss-reactive ketones (excluding diaryl/α,β-unsaturated/α-hetero) is 1. The Morgan fingerprint density at radius 3 is 2.12 bits per heavy atom. The van der Waals surface area contributed by atoms with E-state index < -0.39 is 27.2 Å². The Kier molecular flexibility index (Phi) is 6.23. The number of hydrogen-bond acceptors (Lipinski definition) is 7. The maximum atomic E-state index is 14.4. The van der Waals surface area contributed by atoms with E-state index in [4.69, 9.17) is 4.42 Å². The third-order valence-electron chi connectivity index (χ3n) is 9.03. The first-order chi connectivity index (χ1) is 19.1. The molecule has 1 saturated heterocycles. The lowest BCUT2D eigenvalue weighted by Gasteiger charge is -2.41. The summed E-state index contributed by atoms with van der Waals surface area (Å²) in [7, 11) is 0. The van der Waals surface area contributed by atoms with Gasteiger partial charge in [-0.15, -0.1) is 10.2 Å². The van der Waals surface area contributed by atoms with Crippen molar-refractivity contribution in [2.45, 2.75) is 50.5 Å². The molecule has 3 aliphatic rings. The van der Waals surface area contributed by atoms with E-state index in [1.54, 1.807) is 6.92 Å². The Labute approximate surface area is 240 Å². The van der Waals surface area contributed by atoms with E-state index >= 15 is 0 Å². The number of carbonyl (C=O) groups is 3. The van der Waals surface area contributed by atoms with Gasteiger partial charge in [0.2, 0.25) is 23.6 Å². The van der Waals surface area contributed by atoms with Crippen LogP contribution < -0.4 is 0 Å². The molecular weight excluding hydrogens is 574 g/mol. The standard InChI is InChI=1S/C31H30BrN3O5/c1-18-33-34-25(40-18)21(36)16-10-11-17-35-26(37)24-29(2)22(19-12-6-4-7-13-19)23(20-14-8-5-9-15-20)30(3,27(29)38)31(24,32)28(35)39/h4-9,12-15,21,24,36H,10-11,16-17H2,1-3H3/t21-,24?,29?,30?,31?/m0/s1. The van der Waals surface area contributed by atoms with E-state index in [0.717, 1.165) is 22.3 Å². The van der Waals surface area contributed by atoms with Crippen LogP contribution in [-0.2, 0) is 14.4 Å². The number of hydrogen-bond donors (Lipinski definition) is 1. The van der Waals surface area contributed by atoms with Crippen LogP contribution >= 0.6 is 15.9 Å². The maximum absolute atomic E-state index is 14.4. The topological polar surface area (TPSA) is 114 Å². The molecule has 5 atom stereocenters. The number of rotatable bonds is 8. The molecule has 1 aliphatic heterocycles. The van der Waals surface area contributed by atoms with Crippen LogP contribution in [0.4, 0.5) is 0 Å². The van der Waals surface area contributed by atoms with Crippen LogP contribution in [0.5, 0.6) is 0 Å². The minimum Gasteiger partial charge on any atom is -0.423 e. The zero-order valence-electron chi connectivity index (χ0n) is 22.6. The van der Waals surface area contributed by atoms with Gasteiger partial charge in [0.05, 0.1) is 16.7 Å². The third kappa shape index (κ3) is 3.37. The van der Waals surface area contributed by atoms with Gasteiger partial charge in [-0.3, -0.25) is 19.3 Å². The largest absolute Gasteiger partial charge is 0.423 e. The molecule has 2 heterocycles. The number of benzene rings is 2. The van der Waals surface area contributed by atoms with Gasteiger partial charge in [0.1, 0.15) is 10.4 Å². The number of allylic oxidation sites excluding steroid dienone is 2. The summed E-state index contributed by atoms with van der Waals surface area (Å²) in [4.78, 5) is 44.0. The zero-order valence-corrected chi connectivity index (χ0v) is 24.1. The summed E-state index contributed by atoms with van der Waals surface area (Å²) in [6, 6.07) is 19.4. The number of aliphatic hydroxyl groups is 1. The fraction of sp³-hybridized carbons (Fsp3) is 0.387. The van der Waals surface area contributed by atoms with Crippen LogP contribution in [0.3, 0.4) is 0 Å². The lowest BCUT2D eigenvalue weighted by molar-refractivity contribution is -0.144. The van der Waals surface area contributed by atoms with Crippen molar-refractivity contribution in [3.05, 3.63) is 83.6 Å². The van der Waals surface area contributed by atoms with Crippen molar-refractivity contribution < 1.29 is 23.9 Å². The van der Waals surface area contributed by atoms with Crippen molar-refractivity contribution in [3.8, 4) is 0 Å². The molecule has 1 aromatic heterocycles. The van der Waals surface area contributed by atoms with E-state index in [1.165, 1.54) is 4.90 Å². The maximum Gasteiger partial charge on any atom is 0.248 e. The molecule has 2 bridgehead atoms. The van der Waals surface area contributed by atoms with Crippen LogP contribution in [0.25, 0.3) is 11.1 Å². The Bertz CT molecular complexity index is 1550. The van der Waals surface area contributed by atoms with E-state index in [2.05, 4.69) is 26.1 Å². The average Bonchev–Trinajstić information content (AvgIpc) is 3.57. The molecule has 8 nitrogen and oxygen atoms in total. The van der Waals surface area contributed by atoms with Crippen LogP contribution in [0.15, 0.2) is 65.1 Å². The van der Waals surface area contributed by atoms with Gasteiger partial charge in [0.25, 0.3) is 0 Å². The molecule has 206 valence electrons. The number of ketones is 1. The van der Waals surface area contributed by atoms with E-state index in [1.807, 2.05) is 74.5 Å². The van der Waals surface area contributed by atoms with Crippen molar-refractivity contribution in [2.24, 2.45) is 16.7 Å². The van der Waals surface area contributed by atoms with Gasteiger partial charge in [0.15, 0.2) is 5.78 Å². The molecule has 3 aromatic rings. The Morgan fingerprint density at radius 2 is 1.55 bits per heavy atom. The Balaban J connectivity index is 1.35. The minimum absolute atomic E-state index is 0.112. The monoisotopic (exact) mass is 603 g/mol. The molecule has 6 rings (SSSR count). The number of aliphatic hydroxyl groups excluding tert-OH is 1. The van der Waals surface area contributed by atoms with Crippen molar-refractivity contribution >= 4 is 44.7 Å². The molecule has 2 aromatic carbocycles. The summed E-state index contributed by atoms with van der Waals surface area (Å²) >= 11 is 3.78. The molecule has 2 fully saturated rings. The first-order valence-electron chi connectivity index (χ1n) is 13.5. The predicted molar refractivity (Wildman–Crippen MR) is 151 cm³/mol. The van der Waals surface area contributed by atoms with Crippen molar-refractivity contribution in [1.29, 1.82) is 0 Å². The molecule has 4 unspecified atom stereocenters. The summed E-state index contributed by atoms with van der Waals surface area (Å²) in [6.07, 6.45) is 0.469. The van der Waals surface area contributed by atoms with Crippen molar-refractivity contribution in [2.75, 3.05) is 6.54 Å². The highest BCUT2D eigenvalue weighted by Crippen LogP contribution is 2.77. The number of amides is 2. The van der Waals surface area contributed by atoms with E-state index in [-0.39, 0.29) is 30.0 Å². The van der Waals surface area contributed by atoms with Crippen LogP contribution in [0.1, 0.15) is 62.1 Å². The van der Waals surface area contributed by atoms with Crippen LogP contribution in [0.2, 0.25) is 0 Å². The van der Waals surface area contributed by atoms with Gasteiger partial charge in [-0.1, -0.05) is 76.6 Å². The summed E-state index contributed by atoms with van der Waals surface area (Å²) in [6.45, 7) is 5.49. The number of aryl methyl sites for hydroxylation is 1. The third-order valence-corrected chi connectivity index (χ3v) is 10.6. The summed E-state index contributed by atoms with van der Waals surface area (Å²) < 4.78 is 3.90. The fourth-order valence-corrected chi connectivity index (χ4v) is 8.49. The SMILES string of the molecule is Cc1nnc([C@@H](O)CCCCN2C(=O)C3C4(C)C(=O)C(C)(C(c5ccccc5)=C4c4ccccc4)C3(Br)C2=O)o1. The molecule has 0 radical (unpaired) electrons. The van der Waals surface area contributed by atoms with Gasteiger partial charge in [-0.05, 0) is 55.4 Å². The van der Waals surface area contributed by atoms with Gasteiger partial charge in [-0.25, -0.2) is 0 Å². The second-order valence-electron chi connectivity index (χ2n) is 11.2. The zero-order chi connectivity index (χ0) is 28.4. The Morgan fingerprint density at radius 1 is 0.950 bits per heavy atom. The average molecular weight is 605 g/mol. The van der Waals surface area contributed by atoms with E-state index in [0.29, 0.717) is 25.2 Å². The molecule has 1 saturated carbocycles. The molecule has 2 amide bonds. The van der Waals surface area contributed by atoms with E-state index in [9.17, 15) is 19.5 Å². The second-order valence-corrected chi connectivity index (χ2v) is 12.5. The lowest BCUT2D eigenvalue weighted by Crippen LogP contribution is -2.50. The molecule has 2 aliphatic carbocycles. The number of carbonyl (C=O) groups excluding carboxylic acids is 3.